The van der Waals surface area contributed by atoms with Gasteiger partial charge in [0.2, 0.25) is 0 Å². The highest BCUT2D eigenvalue weighted by molar-refractivity contribution is 6.30. The maximum absolute atomic E-state index is 9.42. The van der Waals surface area contributed by atoms with Crippen molar-refractivity contribution in [2.45, 2.75) is 26.2 Å². The smallest absolute Gasteiger partial charge is 0.162 e. The third-order valence-corrected chi connectivity index (χ3v) is 2.08. The topological polar surface area (TPSA) is 49.0 Å². The van der Waals surface area contributed by atoms with Gasteiger partial charge >= 0.3 is 0 Å². The van der Waals surface area contributed by atoms with E-state index in [1.165, 1.54) is 6.07 Å². The number of hydrogen-bond donors (Lipinski definition) is 2. The average molecular weight is 237 g/mol. The molecule has 0 unspecified atom stereocenters. The summed E-state index contributed by atoms with van der Waals surface area (Å²) in [6.45, 7) is 2.08. The zero-order valence-electron chi connectivity index (χ0n) is 7.96. The van der Waals surface area contributed by atoms with Gasteiger partial charge < -0.3 is 5.21 Å². The van der Waals surface area contributed by atoms with E-state index in [1.54, 1.807) is 6.07 Å². The second-order valence-corrected chi connectivity index (χ2v) is 3.40. The molecule has 0 bridgehead atoms. The number of aryl methyl sites for hydroxylation is 1. The first-order valence-electron chi connectivity index (χ1n) is 4.30. The summed E-state index contributed by atoms with van der Waals surface area (Å²) in [5.41, 5.74) is 0.720. The van der Waals surface area contributed by atoms with Crippen molar-refractivity contribution in [2.75, 3.05) is 0 Å². The molecular weight excluding hydrogens is 223 g/mol. The summed E-state index contributed by atoms with van der Waals surface area (Å²) in [5.74, 6) is 0. The molecule has 0 aromatic carbocycles. The number of aromatic nitrogens is 1. The molecule has 14 heavy (non-hydrogen) atoms. The molecule has 0 atom stereocenters. The number of halogens is 2. The van der Waals surface area contributed by atoms with Crippen molar-refractivity contribution in [3.8, 4) is 0 Å². The minimum absolute atomic E-state index is 0. The van der Waals surface area contributed by atoms with Crippen LogP contribution < -0.4 is 5.49 Å². The molecule has 3 nitrogen and oxygen atoms in total. The van der Waals surface area contributed by atoms with E-state index in [-0.39, 0.29) is 17.9 Å². The normalized spacial score (nSPS) is 9.57. The molecule has 0 aliphatic heterocycles. The van der Waals surface area contributed by atoms with Crippen molar-refractivity contribution in [3.63, 3.8) is 0 Å². The number of nitrogens with one attached hydrogen (secondary N) is 1. The van der Waals surface area contributed by atoms with Crippen LogP contribution in [0.1, 0.15) is 25.5 Å². The molecule has 1 aromatic heterocycles. The summed E-state index contributed by atoms with van der Waals surface area (Å²) in [5, 5.41) is 17.3. The average Bonchev–Trinajstić information content (AvgIpc) is 2.09. The fourth-order valence-corrected chi connectivity index (χ4v) is 1.37. The Morgan fingerprint density at radius 3 is 2.71 bits per heavy atom. The number of unbranched alkanes of at least 4 members (excludes halogenated alkanes) is 1. The maximum atomic E-state index is 9.42. The molecule has 0 saturated carbocycles. The molecule has 80 valence electrons. The van der Waals surface area contributed by atoms with E-state index in [0.717, 1.165) is 24.0 Å². The quantitative estimate of drug-likeness (QED) is 0.780. The first-order valence-corrected chi connectivity index (χ1v) is 4.68. The molecule has 1 rings (SSSR count). The number of nitrogens with zero attached hydrogens (tertiary/aromatic N) is 1. The molecule has 0 fully saturated rings. The lowest BCUT2D eigenvalue weighted by atomic mass is 10.2. The highest BCUT2D eigenvalue weighted by Crippen LogP contribution is 2.09. The predicted molar refractivity (Wildman–Crippen MR) is 58.3 cm³/mol. The molecule has 0 aliphatic carbocycles. The van der Waals surface area contributed by atoms with Crippen molar-refractivity contribution >= 4 is 24.0 Å². The fraction of sp³-hybridized carbons (Fsp3) is 0.444. The van der Waals surface area contributed by atoms with Crippen LogP contribution in [0.25, 0.3) is 0 Å². The van der Waals surface area contributed by atoms with Gasteiger partial charge in [0.1, 0.15) is 0 Å². The molecule has 0 aliphatic rings. The van der Waals surface area contributed by atoms with E-state index in [9.17, 15) is 5.21 Å². The summed E-state index contributed by atoms with van der Waals surface area (Å²) >= 11 is 5.76. The van der Waals surface area contributed by atoms with Crippen LogP contribution >= 0.6 is 24.0 Å². The van der Waals surface area contributed by atoms with Gasteiger partial charge in [-0.25, -0.2) is 0 Å². The van der Waals surface area contributed by atoms with Crippen LogP contribution in [0, 0.1) is 5.41 Å². The Balaban J connectivity index is 0.00000169. The Hall–Kier alpha value is -0.670. The molecule has 0 spiro atoms. The zero-order valence-corrected chi connectivity index (χ0v) is 9.53. The third-order valence-electron chi connectivity index (χ3n) is 1.87. The van der Waals surface area contributed by atoms with E-state index in [2.05, 4.69) is 6.92 Å². The molecular formula is C9H14Cl2N2O. The highest BCUT2D eigenvalue weighted by atomic mass is 35.5. The lowest BCUT2D eigenvalue weighted by molar-refractivity contribution is 0.160. The number of hydrogen-bond acceptors (Lipinski definition) is 2. The van der Waals surface area contributed by atoms with Crippen molar-refractivity contribution < 1.29 is 5.21 Å². The molecule has 1 heterocycles. The Morgan fingerprint density at radius 1 is 1.50 bits per heavy atom. The van der Waals surface area contributed by atoms with Crippen molar-refractivity contribution in [2.24, 2.45) is 0 Å². The van der Waals surface area contributed by atoms with Crippen molar-refractivity contribution in [3.05, 3.63) is 28.3 Å². The van der Waals surface area contributed by atoms with E-state index in [1.807, 2.05) is 0 Å². The summed E-state index contributed by atoms with van der Waals surface area (Å²) in [6, 6.07) is 3.10. The summed E-state index contributed by atoms with van der Waals surface area (Å²) in [4.78, 5) is 0. The Bertz CT molecular complexity index is 349. The largest absolute Gasteiger partial charge is 0.427 e. The van der Waals surface area contributed by atoms with E-state index < -0.39 is 0 Å². The van der Waals surface area contributed by atoms with Gasteiger partial charge in [0, 0.05) is 11.1 Å². The van der Waals surface area contributed by atoms with Gasteiger partial charge in [-0.05, 0) is 18.9 Å². The second-order valence-electron chi connectivity index (χ2n) is 2.97. The Kier molecular flexibility index (Phi) is 5.65. The van der Waals surface area contributed by atoms with Crippen molar-refractivity contribution in [1.82, 2.24) is 4.73 Å². The molecule has 1 aromatic rings. The van der Waals surface area contributed by atoms with Crippen LogP contribution in [0.2, 0.25) is 5.02 Å². The number of rotatable bonds is 3. The lowest BCUT2D eigenvalue weighted by Crippen LogP contribution is -2.20. The van der Waals surface area contributed by atoms with Crippen molar-refractivity contribution in [1.29, 1.82) is 5.41 Å². The highest BCUT2D eigenvalue weighted by Gasteiger charge is 2.01. The molecule has 2 N–H and O–H groups in total. The van der Waals surface area contributed by atoms with Crippen LogP contribution in [0.15, 0.2) is 12.1 Å². The Labute approximate surface area is 94.2 Å². The maximum Gasteiger partial charge on any atom is 0.162 e. The van der Waals surface area contributed by atoms with Crippen LogP contribution in [0.4, 0.5) is 0 Å². The van der Waals surface area contributed by atoms with Crippen LogP contribution in [-0.4, -0.2) is 9.94 Å². The standard InChI is InChI=1S/C9H13ClN2O.ClH/c1-2-3-4-8-5-7(10)6-9(11)12(8)13;/h5-6,11,13H,2-4H2,1H3;1H. The van der Waals surface area contributed by atoms with E-state index >= 15 is 0 Å². The van der Waals surface area contributed by atoms with Gasteiger partial charge in [-0.1, -0.05) is 24.9 Å². The van der Waals surface area contributed by atoms with E-state index in [4.69, 9.17) is 17.0 Å². The minimum Gasteiger partial charge on any atom is -0.427 e. The predicted octanol–water partition coefficient (Wildman–Crippen LogP) is 2.62. The zero-order chi connectivity index (χ0) is 9.84. The van der Waals surface area contributed by atoms with Gasteiger partial charge in [0.05, 0.1) is 5.69 Å². The van der Waals surface area contributed by atoms with Gasteiger partial charge in [0.15, 0.2) is 5.49 Å². The number of pyridine rings is 1. The fourth-order valence-electron chi connectivity index (χ4n) is 1.14. The first-order chi connectivity index (χ1) is 6.15. The molecule has 0 radical (unpaired) electrons. The third kappa shape index (κ3) is 3.24. The van der Waals surface area contributed by atoms with Gasteiger partial charge in [0.25, 0.3) is 0 Å². The Morgan fingerprint density at radius 2 is 2.14 bits per heavy atom. The van der Waals surface area contributed by atoms with E-state index in [0.29, 0.717) is 10.7 Å². The molecule has 0 amide bonds. The van der Waals surface area contributed by atoms with Gasteiger partial charge in [-0.2, -0.15) is 4.73 Å². The minimum atomic E-state index is 0. The lowest BCUT2D eigenvalue weighted by Gasteiger charge is -2.06. The van der Waals surface area contributed by atoms with Crippen LogP contribution in [-0.2, 0) is 6.42 Å². The second kappa shape index (κ2) is 5.94. The first kappa shape index (κ1) is 13.3. The molecule has 0 saturated heterocycles. The summed E-state index contributed by atoms with van der Waals surface area (Å²) in [7, 11) is 0. The monoisotopic (exact) mass is 236 g/mol. The summed E-state index contributed by atoms with van der Waals surface area (Å²) in [6.07, 6.45) is 2.79. The van der Waals surface area contributed by atoms with Crippen LogP contribution in [0.3, 0.4) is 0 Å². The SMILES string of the molecule is CCCCc1cc(Cl)cc(=N)n1O.Cl. The van der Waals surface area contributed by atoms with Gasteiger partial charge in [-0.15, -0.1) is 12.4 Å². The van der Waals surface area contributed by atoms with Gasteiger partial charge in [-0.3, -0.25) is 5.41 Å². The summed E-state index contributed by atoms with van der Waals surface area (Å²) < 4.78 is 0.877. The molecule has 5 heteroatoms. The van der Waals surface area contributed by atoms with Crippen LogP contribution in [0.5, 0.6) is 0 Å².